The minimum absolute atomic E-state index is 0.0272. The summed E-state index contributed by atoms with van der Waals surface area (Å²) < 4.78 is 0. The molecule has 3 rings (SSSR count). The second-order valence-corrected chi connectivity index (χ2v) is 19.2. The lowest BCUT2D eigenvalue weighted by Gasteiger charge is -2.31. The molecule has 10 amide bonds. The van der Waals surface area contributed by atoms with Crippen LogP contribution in [0.5, 0.6) is 5.75 Å². The highest BCUT2D eigenvalue weighted by Crippen LogP contribution is 2.26. The van der Waals surface area contributed by atoms with E-state index in [1.807, 2.05) is 0 Å². The Hall–Kier alpha value is -5.70. The number of unbranched alkanes of at least 4 members (excludes halogenated alkanes) is 1. The number of likely N-dealkylation sites (tertiary alicyclic amines) is 1. The van der Waals surface area contributed by atoms with E-state index in [1.54, 1.807) is 13.8 Å². The highest BCUT2D eigenvalue weighted by Gasteiger charge is 2.41. The van der Waals surface area contributed by atoms with Crippen molar-refractivity contribution in [3.8, 4) is 5.75 Å². The van der Waals surface area contributed by atoms with Crippen LogP contribution in [0.2, 0.25) is 0 Å². The number of hydrogen-bond acceptors (Lipinski definition) is 16. The number of aromatic hydroxyl groups is 1. The van der Waals surface area contributed by atoms with Gasteiger partial charge >= 0.3 is 0 Å². The summed E-state index contributed by atoms with van der Waals surface area (Å²) in [6.45, 7) is 4.37. The fraction of sp³-hybridized carbons (Fsp3) is 0.619. The predicted octanol–water partition coefficient (Wildman–Crippen LogP) is -4.38. The van der Waals surface area contributed by atoms with Crippen molar-refractivity contribution >= 4 is 80.7 Å². The van der Waals surface area contributed by atoms with Crippen LogP contribution in [0.1, 0.15) is 71.3 Å². The zero-order valence-corrected chi connectivity index (χ0v) is 39.8. The number of rotatable bonds is 17. The number of benzene rings is 1. The summed E-state index contributed by atoms with van der Waals surface area (Å²) in [5, 5.41) is 48.9. The van der Waals surface area contributed by atoms with Crippen molar-refractivity contribution < 1.29 is 63.3 Å². The molecule has 1 aromatic carbocycles. The van der Waals surface area contributed by atoms with Crippen molar-refractivity contribution in [3.63, 3.8) is 0 Å². The molecule has 2 heterocycles. The normalized spacial score (nSPS) is 24.9. The summed E-state index contributed by atoms with van der Waals surface area (Å²) in [7, 11) is 1.84. The maximum absolute atomic E-state index is 14.4. The van der Waals surface area contributed by atoms with Gasteiger partial charge in [-0.2, -0.15) is 0 Å². The molecule has 26 heteroatoms. The summed E-state index contributed by atoms with van der Waals surface area (Å²) in [4.78, 5) is 135. The fourth-order valence-corrected chi connectivity index (χ4v) is 9.41. The Balaban J connectivity index is 2.01. The number of hydrogen-bond donors (Lipinski definition) is 13. The third kappa shape index (κ3) is 17.7. The molecule has 24 nitrogen and oxygen atoms in total. The van der Waals surface area contributed by atoms with Gasteiger partial charge in [0.1, 0.15) is 54.1 Å². The first-order valence-electron chi connectivity index (χ1n) is 22.2. The number of aliphatic hydroxyl groups excluding tert-OH is 2. The maximum atomic E-state index is 14.4. The van der Waals surface area contributed by atoms with Crippen LogP contribution >= 0.6 is 21.6 Å². The van der Waals surface area contributed by atoms with Crippen molar-refractivity contribution in [3.05, 3.63) is 29.8 Å². The average molecular weight is 996 g/mol. The van der Waals surface area contributed by atoms with E-state index in [9.17, 15) is 63.3 Å². The van der Waals surface area contributed by atoms with Crippen LogP contribution < -0.4 is 54.4 Å². The highest BCUT2D eigenvalue weighted by atomic mass is 33.1. The van der Waals surface area contributed by atoms with E-state index in [0.717, 1.165) is 21.6 Å². The van der Waals surface area contributed by atoms with Gasteiger partial charge in [0.2, 0.25) is 59.1 Å². The lowest BCUT2D eigenvalue weighted by atomic mass is 9.96. The molecule has 2 aliphatic heterocycles. The van der Waals surface area contributed by atoms with Crippen molar-refractivity contribution in [1.82, 2.24) is 42.1 Å². The number of aliphatic hydroxyl groups is 2. The number of nitrogens with one attached hydrogen (secondary N) is 7. The van der Waals surface area contributed by atoms with Crippen molar-refractivity contribution in [1.29, 1.82) is 0 Å². The summed E-state index contributed by atoms with van der Waals surface area (Å²) in [6, 6.07) is -4.34. The van der Waals surface area contributed by atoms with Crippen molar-refractivity contribution in [2.75, 3.05) is 31.1 Å². The molecule has 0 radical (unpaired) electrons. The van der Waals surface area contributed by atoms with Gasteiger partial charge in [0.15, 0.2) is 0 Å². The van der Waals surface area contributed by atoms with Crippen LogP contribution in [0.4, 0.5) is 0 Å². The van der Waals surface area contributed by atoms with Crippen molar-refractivity contribution in [2.24, 2.45) is 23.1 Å². The minimum Gasteiger partial charge on any atom is -0.508 e. The smallest absolute Gasteiger partial charge is 0.250 e. The van der Waals surface area contributed by atoms with Crippen LogP contribution in [0, 0.1) is 5.92 Å². The van der Waals surface area contributed by atoms with Crippen LogP contribution in [0.3, 0.4) is 0 Å². The molecule has 0 aliphatic carbocycles. The number of amides is 10. The molecular weight excluding hydrogens is 931 g/mol. The number of phenols is 1. The van der Waals surface area contributed by atoms with Gasteiger partial charge in [0.05, 0.1) is 19.1 Å². The molecule has 68 heavy (non-hydrogen) atoms. The van der Waals surface area contributed by atoms with E-state index in [-0.39, 0.29) is 43.1 Å². The molecule has 0 bridgehead atoms. The molecular formula is C42H65N11O13S2. The SMILES string of the molecule is CC[C@H](C)[C@@H]1NC(=O)[C@H](Cc2ccc(O)cc2)NC(=O)C(O)CSSC[C@@H](C(=O)N2CCC[C@H]2C(=O)N[C@@H](CCCCN)C(=O)NCC(N)=O)NC(=O)[C@H](CC(N)=O)NC(=O)[C@H]([C@@H](C)O)NC1=O. The van der Waals surface area contributed by atoms with Gasteiger partial charge in [0.25, 0.3) is 0 Å². The molecule has 0 saturated carbocycles. The summed E-state index contributed by atoms with van der Waals surface area (Å²) >= 11 is 0. The Labute approximate surface area is 401 Å². The molecule has 0 spiro atoms. The van der Waals surface area contributed by atoms with Crippen molar-refractivity contribution in [2.45, 2.75) is 127 Å². The number of nitrogens with zero attached hydrogens (tertiary/aromatic N) is 1. The largest absolute Gasteiger partial charge is 0.508 e. The molecule has 0 aromatic heterocycles. The van der Waals surface area contributed by atoms with Gasteiger partial charge in [-0.25, -0.2) is 0 Å². The van der Waals surface area contributed by atoms with E-state index in [1.165, 1.54) is 36.1 Å². The first kappa shape index (κ1) is 56.6. The number of primary amides is 2. The molecule has 2 aliphatic rings. The van der Waals surface area contributed by atoms with E-state index >= 15 is 0 Å². The topological polar surface area (TPSA) is 397 Å². The van der Waals surface area contributed by atoms with Crippen LogP contribution in [0.25, 0.3) is 0 Å². The second-order valence-electron chi connectivity index (χ2n) is 16.6. The lowest BCUT2D eigenvalue weighted by molar-refractivity contribution is -0.142. The number of phenolic OH excluding ortho intramolecular Hbond substituents is 1. The monoisotopic (exact) mass is 995 g/mol. The molecule has 16 N–H and O–H groups in total. The first-order chi connectivity index (χ1) is 32.2. The minimum atomic E-state index is -1.78. The lowest BCUT2D eigenvalue weighted by Crippen LogP contribution is -2.63. The Kier molecular flexibility index (Phi) is 23.3. The molecule has 2 fully saturated rings. The molecule has 1 aromatic rings. The van der Waals surface area contributed by atoms with Gasteiger partial charge in [-0.05, 0) is 69.2 Å². The summed E-state index contributed by atoms with van der Waals surface area (Å²) in [5.74, 6) is -10.3. The molecule has 10 atom stereocenters. The van der Waals surface area contributed by atoms with Gasteiger partial charge in [-0.15, -0.1) is 0 Å². The van der Waals surface area contributed by atoms with Crippen LogP contribution in [0.15, 0.2) is 24.3 Å². The third-order valence-electron chi connectivity index (χ3n) is 11.2. The Morgan fingerprint density at radius 2 is 1.44 bits per heavy atom. The standard InChI is InChI=1S/C42H65N11O13S2/c1-4-21(2)33-40(64)52-34(22(3)54)41(65)49-27(17-31(44)57)36(60)50-28(19-67-68-20-30(56)39(63)48-26(37(61)51-33)16-23-10-12-24(55)13-11-23)42(66)53-15-7-9-29(53)38(62)47-25(8-5-6-14-43)35(59)46-18-32(45)58/h10-13,21-22,25-30,33-34,54-56H,4-9,14-20,43H2,1-3H3,(H2,44,57)(H2,45,58)(H,46,59)(H,47,62)(H,48,63)(H,49,65)(H,50,60)(H,51,61)(H,52,64)/t21-,22+,25-,26-,27-,28-,29-,30?,33-,34-/m0/s1. The van der Waals surface area contributed by atoms with E-state index < -0.39 is 132 Å². The molecule has 1 unspecified atom stereocenters. The number of carbonyl (C=O) groups is 10. The predicted molar refractivity (Wildman–Crippen MR) is 249 cm³/mol. The van der Waals surface area contributed by atoms with Gasteiger partial charge in [0, 0.05) is 24.5 Å². The fourth-order valence-electron chi connectivity index (χ4n) is 7.20. The van der Waals surface area contributed by atoms with E-state index in [4.69, 9.17) is 17.2 Å². The van der Waals surface area contributed by atoms with E-state index in [0.29, 0.717) is 37.8 Å². The zero-order valence-electron chi connectivity index (χ0n) is 38.2. The third-order valence-corrected chi connectivity index (χ3v) is 13.6. The van der Waals surface area contributed by atoms with E-state index in [2.05, 4.69) is 37.2 Å². The molecule has 2 saturated heterocycles. The Bertz CT molecular complexity index is 1960. The Morgan fingerprint density at radius 3 is 2.06 bits per heavy atom. The van der Waals surface area contributed by atoms with Gasteiger partial charge < -0.3 is 74.6 Å². The summed E-state index contributed by atoms with van der Waals surface area (Å²) in [6.07, 6.45) is -2.44. The second kappa shape index (κ2) is 28.0. The number of carbonyl (C=O) groups excluding carboxylic acids is 10. The highest BCUT2D eigenvalue weighted by molar-refractivity contribution is 8.76. The maximum Gasteiger partial charge on any atom is 0.250 e. The quantitative estimate of drug-likeness (QED) is 0.0518. The molecule has 378 valence electrons. The first-order valence-corrected chi connectivity index (χ1v) is 24.7. The Morgan fingerprint density at radius 1 is 0.824 bits per heavy atom. The van der Waals surface area contributed by atoms with Gasteiger partial charge in [-0.1, -0.05) is 54.0 Å². The van der Waals surface area contributed by atoms with Crippen LogP contribution in [-0.4, -0.2) is 165 Å². The zero-order chi connectivity index (χ0) is 50.7. The van der Waals surface area contributed by atoms with Gasteiger partial charge in [-0.3, -0.25) is 47.9 Å². The summed E-state index contributed by atoms with van der Waals surface area (Å²) in [5.41, 5.74) is 16.8. The average Bonchev–Trinajstić information content (AvgIpc) is 3.79. The number of nitrogens with two attached hydrogens (primary N) is 3. The van der Waals surface area contributed by atoms with Crippen LogP contribution in [-0.2, 0) is 54.4 Å².